The van der Waals surface area contributed by atoms with Crippen LogP contribution in [0, 0.1) is 11.8 Å². The highest BCUT2D eigenvalue weighted by atomic mass is 32.1. The molecule has 1 aliphatic heterocycles. The van der Waals surface area contributed by atoms with Crippen LogP contribution in [0.5, 0.6) is 0 Å². The molecule has 1 saturated heterocycles. The second kappa shape index (κ2) is 5.99. The van der Waals surface area contributed by atoms with Gasteiger partial charge in [0.2, 0.25) is 5.91 Å². The zero-order chi connectivity index (χ0) is 15.9. The van der Waals surface area contributed by atoms with Crippen molar-refractivity contribution in [2.75, 3.05) is 13.1 Å². The second-order valence-corrected chi connectivity index (χ2v) is 7.57. The molecule has 120 valence electrons. The number of hydrogen-bond donors (Lipinski definition) is 1. The highest BCUT2D eigenvalue weighted by Gasteiger charge is 2.50. The van der Waals surface area contributed by atoms with Gasteiger partial charge in [-0.3, -0.25) is 9.59 Å². The number of amides is 1. The summed E-state index contributed by atoms with van der Waals surface area (Å²) in [4.78, 5) is 29.9. The summed E-state index contributed by atoms with van der Waals surface area (Å²) < 4.78 is 0. The highest BCUT2D eigenvalue weighted by molar-refractivity contribution is 7.09. The summed E-state index contributed by atoms with van der Waals surface area (Å²) >= 11 is 1.68. The van der Waals surface area contributed by atoms with Gasteiger partial charge in [0.05, 0.1) is 22.5 Å². The third kappa shape index (κ3) is 3.02. The van der Waals surface area contributed by atoms with Crippen LogP contribution in [0.3, 0.4) is 0 Å². The molecular weight excluding hydrogens is 300 g/mol. The number of hydrogen-bond acceptors (Lipinski definition) is 4. The zero-order valence-corrected chi connectivity index (χ0v) is 13.8. The van der Waals surface area contributed by atoms with Gasteiger partial charge in [-0.25, -0.2) is 4.98 Å². The third-order valence-electron chi connectivity index (χ3n) is 4.64. The molecule has 22 heavy (non-hydrogen) atoms. The van der Waals surface area contributed by atoms with Crippen molar-refractivity contribution in [1.29, 1.82) is 0 Å². The summed E-state index contributed by atoms with van der Waals surface area (Å²) in [5.74, 6) is -0.837. The normalized spacial score (nSPS) is 28.0. The maximum absolute atomic E-state index is 12.4. The van der Waals surface area contributed by atoms with Crippen molar-refractivity contribution in [3.05, 3.63) is 16.1 Å². The molecule has 1 amide bonds. The fourth-order valence-corrected chi connectivity index (χ4v) is 4.22. The maximum atomic E-state index is 12.4. The quantitative estimate of drug-likeness (QED) is 0.925. The number of nitrogens with zero attached hydrogens (tertiary/aromatic N) is 2. The number of carbonyl (C=O) groups excluding carboxylic acids is 1. The molecule has 1 saturated carbocycles. The molecule has 0 spiro atoms. The second-order valence-electron chi connectivity index (χ2n) is 6.68. The fourth-order valence-electron chi connectivity index (χ4n) is 3.11. The van der Waals surface area contributed by atoms with E-state index in [1.807, 2.05) is 4.90 Å². The molecule has 0 bridgehead atoms. The lowest BCUT2D eigenvalue weighted by atomic mass is 9.98. The molecule has 2 aliphatic rings. The molecule has 5 nitrogen and oxygen atoms in total. The Bertz CT molecular complexity index is 584. The molecule has 0 radical (unpaired) electrons. The lowest BCUT2D eigenvalue weighted by Crippen LogP contribution is -2.40. The minimum atomic E-state index is -0.839. The topological polar surface area (TPSA) is 70.5 Å². The van der Waals surface area contributed by atoms with Crippen LogP contribution in [0.2, 0.25) is 0 Å². The van der Waals surface area contributed by atoms with E-state index in [0.29, 0.717) is 24.8 Å². The number of thiazole rings is 1. The van der Waals surface area contributed by atoms with Crippen LogP contribution in [-0.4, -0.2) is 40.0 Å². The first-order valence-electron chi connectivity index (χ1n) is 7.94. The first-order chi connectivity index (χ1) is 10.5. The Kier molecular flexibility index (Phi) is 4.21. The van der Waals surface area contributed by atoms with Gasteiger partial charge in [0.1, 0.15) is 0 Å². The van der Waals surface area contributed by atoms with E-state index in [2.05, 4.69) is 19.2 Å². The first-order valence-corrected chi connectivity index (χ1v) is 8.82. The SMILES string of the molecule is CC(C)c1csc([C@@H]2CCCN(C(=O)[C@H]3C[C@H]3C(=O)O)C2)n1. The molecule has 1 aliphatic carbocycles. The van der Waals surface area contributed by atoms with Gasteiger partial charge >= 0.3 is 5.97 Å². The van der Waals surface area contributed by atoms with Crippen molar-refractivity contribution >= 4 is 23.2 Å². The van der Waals surface area contributed by atoms with E-state index in [4.69, 9.17) is 10.1 Å². The minimum absolute atomic E-state index is 0.0257. The van der Waals surface area contributed by atoms with Crippen molar-refractivity contribution < 1.29 is 14.7 Å². The monoisotopic (exact) mass is 322 g/mol. The minimum Gasteiger partial charge on any atom is -0.481 e. The average molecular weight is 322 g/mol. The lowest BCUT2D eigenvalue weighted by Gasteiger charge is -2.32. The number of piperidine rings is 1. The molecule has 2 fully saturated rings. The van der Waals surface area contributed by atoms with E-state index in [9.17, 15) is 9.59 Å². The maximum Gasteiger partial charge on any atom is 0.307 e. The Morgan fingerprint density at radius 3 is 2.77 bits per heavy atom. The molecule has 3 atom stereocenters. The van der Waals surface area contributed by atoms with E-state index in [-0.39, 0.29) is 11.8 Å². The molecule has 1 aromatic rings. The van der Waals surface area contributed by atoms with Crippen molar-refractivity contribution in [2.24, 2.45) is 11.8 Å². The number of rotatable bonds is 4. The number of carbonyl (C=O) groups is 2. The van der Waals surface area contributed by atoms with Gasteiger partial charge in [0, 0.05) is 24.4 Å². The molecular formula is C16H22N2O3S. The van der Waals surface area contributed by atoms with Gasteiger partial charge in [-0.05, 0) is 25.2 Å². The van der Waals surface area contributed by atoms with Gasteiger partial charge in [-0.15, -0.1) is 11.3 Å². The van der Waals surface area contributed by atoms with Crippen molar-refractivity contribution in [3.8, 4) is 0 Å². The van der Waals surface area contributed by atoms with E-state index >= 15 is 0 Å². The number of aromatic nitrogens is 1. The van der Waals surface area contributed by atoms with E-state index in [1.165, 1.54) is 0 Å². The van der Waals surface area contributed by atoms with Gasteiger partial charge in [0.15, 0.2) is 0 Å². The predicted molar refractivity (Wildman–Crippen MR) is 84.0 cm³/mol. The number of carboxylic acids is 1. The fraction of sp³-hybridized carbons (Fsp3) is 0.688. The van der Waals surface area contributed by atoms with Crippen molar-refractivity contribution in [2.45, 2.75) is 44.9 Å². The Morgan fingerprint density at radius 1 is 1.41 bits per heavy atom. The first kappa shape index (κ1) is 15.5. The largest absolute Gasteiger partial charge is 0.481 e. The Balaban J connectivity index is 1.64. The summed E-state index contributed by atoms with van der Waals surface area (Å²) in [7, 11) is 0. The van der Waals surface area contributed by atoms with Crippen LogP contribution in [0.25, 0.3) is 0 Å². The van der Waals surface area contributed by atoms with Gasteiger partial charge in [-0.1, -0.05) is 13.8 Å². The van der Waals surface area contributed by atoms with Crippen molar-refractivity contribution in [1.82, 2.24) is 9.88 Å². The summed E-state index contributed by atoms with van der Waals surface area (Å²) in [6, 6.07) is 0. The van der Waals surface area contributed by atoms with Crippen LogP contribution < -0.4 is 0 Å². The summed E-state index contributed by atoms with van der Waals surface area (Å²) in [6.45, 7) is 5.71. The molecule has 0 aromatic carbocycles. The van der Waals surface area contributed by atoms with Gasteiger partial charge in [-0.2, -0.15) is 0 Å². The molecule has 1 aromatic heterocycles. The number of carboxylic acid groups (broad SMARTS) is 1. The van der Waals surface area contributed by atoms with Crippen molar-refractivity contribution in [3.63, 3.8) is 0 Å². The van der Waals surface area contributed by atoms with Crippen LogP contribution in [0.1, 0.15) is 55.6 Å². The number of likely N-dealkylation sites (tertiary alicyclic amines) is 1. The lowest BCUT2D eigenvalue weighted by molar-refractivity contribution is -0.142. The van der Waals surface area contributed by atoms with Gasteiger partial charge < -0.3 is 10.0 Å². The predicted octanol–water partition coefficient (Wildman–Crippen LogP) is 2.69. The Morgan fingerprint density at radius 2 is 2.18 bits per heavy atom. The number of aliphatic carboxylic acids is 1. The van der Waals surface area contributed by atoms with Crippen LogP contribution in [0.15, 0.2) is 5.38 Å². The Labute approximate surface area is 134 Å². The highest BCUT2D eigenvalue weighted by Crippen LogP contribution is 2.41. The zero-order valence-electron chi connectivity index (χ0n) is 13.0. The average Bonchev–Trinajstić information content (AvgIpc) is 3.15. The molecule has 0 unspecified atom stereocenters. The Hall–Kier alpha value is -1.43. The van der Waals surface area contributed by atoms with E-state index in [1.54, 1.807) is 11.3 Å². The van der Waals surface area contributed by atoms with E-state index in [0.717, 1.165) is 30.1 Å². The van der Waals surface area contributed by atoms with Crippen LogP contribution >= 0.6 is 11.3 Å². The molecule has 1 N–H and O–H groups in total. The van der Waals surface area contributed by atoms with Crippen LogP contribution in [-0.2, 0) is 9.59 Å². The summed E-state index contributed by atoms with van der Waals surface area (Å²) in [5, 5.41) is 12.2. The van der Waals surface area contributed by atoms with E-state index < -0.39 is 11.9 Å². The molecule has 6 heteroatoms. The smallest absolute Gasteiger partial charge is 0.307 e. The molecule has 3 rings (SSSR count). The summed E-state index contributed by atoms with van der Waals surface area (Å²) in [5.41, 5.74) is 1.12. The summed E-state index contributed by atoms with van der Waals surface area (Å²) in [6.07, 6.45) is 2.53. The van der Waals surface area contributed by atoms with Crippen LogP contribution in [0.4, 0.5) is 0 Å². The third-order valence-corrected chi connectivity index (χ3v) is 5.66. The molecule has 2 heterocycles. The standard InChI is InChI=1S/C16H22N2O3S/c1-9(2)13-8-22-14(17-13)10-4-3-5-18(7-10)15(19)11-6-12(11)16(20)21/h8-12H,3-7H2,1-2H3,(H,20,21)/t10-,11+,12-/m1/s1. The van der Waals surface area contributed by atoms with Gasteiger partial charge in [0.25, 0.3) is 0 Å².